The zero-order valence-electron chi connectivity index (χ0n) is 1.93. The fraction of sp³-hybridized carbons (Fsp3) is 0. The first-order valence-electron chi connectivity index (χ1n) is 0.748. The Balaban J connectivity index is 2.92. The van der Waals surface area contributed by atoms with Crippen LogP contribution in [0, 0.1) is 11.3 Å². The van der Waals surface area contributed by atoms with Gasteiger partial charge in [-0.3, -0.25) is 0 Å². The van der Waals surface area contributed by atoms with Crippen LogP contribution >= 0.6 is 0 Å². The van der Waals surface area contributed by atoms with Crippen LogP contribution in [-0.4, -0.2) is 20.5 Å². The molecule has 20 valence electrons. The van der Waals surface area contributed by atoms with Crippen molar-refractivity contribution in [2.75, 3.05) is 0 Å². The topological polar surface area (TPSA) is 23.8 Å². The third kappa shape index (κ3) is 1.88. The molecule has 0 atom stereocenters. The molecule has 4 heavy (non-hydrogen) atoms. The summed E-state index contributed by atoms with van der Waals surface area (Å²) < 4.78 is 0. The molecule has 0 aliphatic carbocycles. The van der Waals surface area contributed by atoms with Crippen molar-refractivity contribution in [1.29, 1.82) is 5.26 Å². The molecule has 0 bridgehead atoms. The van der Waals surface area contributed by atoms with Crippen LogP contribution in [0.5, 0.6) is 0 Å². The molecule has 0 fully saturated rings. The summed E-state index contributed by atoms with van der Waals surface area (Å²) in [5.74, 6) is 0. The molecule has 0 aliphatic rings. The molecule has 1 nitrogen and oxygen atoms in total. The fourth-order valence-corrected chi connectivity index (χ4v) is 0. The van der Waals surface area contributed by atoms with Crippen LogP contribution in [0.25, 0.3) is 0 Å². The van der Waals surface area contributed by atoms with Crippen LogP contribution in [0.15, 0.2) is 0 Å². The summed E-state index contributed by atoms with van der Waals surface area (Å²) >= 11 is 2.41. The number of hydrogen-bond acceptors (Lipinski definition) is 1. The van der Waals surface area contributed by atoms with Gasteiger partial charge in [-0.2, -0.15) is 0 Å². The van der Waals surface area contributed by atoms with Crippen LogP contribution < -0.4 is 0 Å². The molecular weight excluding hydrogens is 117 g/mol. The van der Waals surface area contributed by atoms with Crippen molar-refractivity contribution in [3.63, 3.8) is 0 Å². The molecule has 0 N–H and O–H groups in total. The molecule has 0 saturated heterocycles. The number of nitriles is 1. The molecule has 0 radical (unpaired) electrons. The van der Waals surface area contributed by atoms with Crippen LogP contribution in [0.3, 0.4) is 0 Å². The second kappa shape index (κ2) is 2.88. The molecule has 0 rings (SSSR count). The molecule has 0 heterocycles. The predicted molar refractivity (Wildman–Crippen MR) is 17.4 cm³/mol. The second-order valence-corrected chi connectivity index (χ2v) is 0.741. The van der Waals surface area contributed by atoms with Crippen molar-refractivity contribution >= 4 is 20.5 Å². The van der Waals surface area contributed by atoms with Crippen molar-refractivity contribution in [3.8, 4) is 6.07 Å². The van der Waals surface area contributed by atoms with Crippen LogP contribution in [0.1, 0.15) is 0 Å². The fourth-order valence-electron chi connectivity index (χ4n) is 0. The first kappa shape index (κ1) is 3.88. The van der Waals surface area contributed by atoms with E-state index in [2.05, 4.69) is 15.6 Å². The molecule has 0 spiro atoms. The molecule has 0 unspecified atom stereocenters. The van der Waals surface area contributed by atoms with Gasteiger partial charge >= 0.3 is 31.8 Å². The van der Waals surface area contributed by atoms with Gasteiger partial charge in [0.05, 0.1) is 0 Å². The Morgan fingerprint density at radius 3 is 2.25 bits per heavy atom. The molecule has 2 heteroatoms. The Morgan fingerprint density at radius 1 is 2.00 bits per heavy atom. The Labute approximate surface area is 32.6 Å². The summed E-state index contributed by atoms with van der Waals surface area (Å²) in [7, 11) is 0. The van der Waals surface area contributed by atoms with Crippen molar-refractivity contribution < 1.29 is 0 Å². The van der Waals surface area contributed by atoms with Gasteiger partial charge in [-0.05, 0) is 0 Å². The van der Waals surface area contributed by atoms with E-state index < -0.39 is 0 Å². The molecule has 0 aromatic rings. The van der Waals surface area contributed by atoms with Gasteiger partial charge in [0.2, 0.25) is 0 Å². The van der Waals surface area contributed by atoms with Gasteiger partial charge in [0, 0.05) is 0 Å². The first-order valence-corrected chi connectivity index (χ1v) is 1.74. The summed E-state index contributed by atoms with van der Waals surface area (Å²) in [5, 5.41) is 7.54. The number of rotatable bonds is 0. The van der Waals surface area contributed by atoms with E-state index in [9.17, 15) is 0 Å². The SMILES string of the molecule is N#CC=[Se]. The monoisotopic (exact) mass is 119 g/mol. The summed E-state index contributed by atoms with van der Waals surface area (Å²) in [5.41, 5.74) is 0. The minimum absolute atomic E-state index is 1.31. The minimum atomic E-state index is 1.31. The van der Waals surface area contributed by atoms with E-state index in [-0.39, 0.29) is 0 Å². The van der Waals surface area contributed by atoms with Gasteiger partial charge in [-0.1, -0.05) is 0 Å². The Morgan fingerprint density at radius 2 is 2.25 bits per heavy atom. The van der Waals surface area contributed by atoms with E-state index >= 15 is 0 Å². The van der Waals surface area contributed by atoms with Crippen molar-refractivity contribution in [1.82, 2.24) is 0 Å². The predicted octanol–water partition coefficient (Wildman–Crippen LogP) is -0.519. The maximum atomic E-state index is 7.54. The summed E-state index contributed by atoms with van der Waals surface area (Å²) in [4.78, 5) is 1.31. The average Bonchev–Trinajstić information content (AvgIpc) is 1.37. The first-order chi connectivity index (χ1) is 1.91. The van der Waals surface area contributed by atoms with Gasteiger partial charge in [0.25, 0.3) is 0 Å². The molecule has 0 saturated carbocycles. The van der Waals surface area contributed by atoms with E-state index in [4.69, 9.17) is 5.26 Å². The van der Waals surface area contributed by atoms with Crippen LogP contribution in [0.4, 0.5) is 0 Å². The second-order valence-electron chi connectivity index (χ2n) is 0.247. The normalized spacial score (nSPS) is 3.75. The van der Waals surface area contributed by atoms with Gasteiger partial charge in [0.15, 0.2) is 0 Å². The quantitative estimate of drug-likeness (QED) is 0.392. The molecule has 0 aliphatic heterocycles. The van der Waals surface area contributed by atoms with Gasteiger partial charge in [0.1, 0.15) is 0 Å². The Kier molecular flexibility index (Phi) is 2.79. The molecule has 0 amide bonds. The van der Waals surface area contributed by atoms with Crippen molar-refractivity contribution in [2.24, 2.45) is 0 Å². The average molecular weight is 118 g/mol. The molecular formula is C2HNSe. The van der Waals surface area contributed by atoms with Crippen molar-refractivity contribution in [2.45, 2.75) is 0 Å². The van der Waals surface area contributed by atoms with E-state index in [1.165, 1.54) is 4.92 Å². The van der Waals surface area contributed by atoms with Gasteiger partial charge in [-0.25, -0.2) is 0 Å². The van der Waals surface area contributed by atoms with Crippen LogP contribution in [-0.2, 0) is 0 Å². The van der Waals surface area contributed by atoms with Crippen molar-refractivity contribution in [3.05, 3.63) is 0 Å². The zero-order chi connectivity index (χ0) is 3.41. The molecule has 0 aromatic heterocycles. The summed E-state index contributed by atoms with van der Waals surface area (Å²) in [6.07, 6.45) is 0. The third-order valence-corrected chi connectivity index (χ3v) is 0.274. The van der Waals surface area contributed by atoms with Gasteiger partial charge in [-0.15, -0.1) is 0 Å². The Bertz CT molecular complexity index is 51.5. The van der Waals surface area contributed by atoms with E-state index in [1.807, 2.05) is 0 Å². The van der Waals surface area contributed by atoms with Crippen LogP contribution in [0.2, 0.25) is 0 Å². The molecule has 0 aromatic carbocycles. The maximum absolute atomic E-state index is 7.54. The Hall–Kier alpha value is -0.121. The van der Waals surface area contributed by atoms with E-state index in [0.717, 1.165) is 0 Å². The third-order valence-electron chi connectivity index (χ3n) is 0.0527. The van der Waals surface area contributed by atoms with Gasteiger partial charge < -0.3 is 0 Å². The van der Waals surface area contributed by atoms with E-state index in [1.54, 1.807) is 6.07 Å². The summed E-state index contributed by atoms with van der Waals surface area (Å²) in [6.45, 7) is 0. The standard InChI is InChI=1S/C2HNSe/c3-1-2-4/h2H. The summed E-state index contributed by atoms with van der Waals surface area (Å²) in [6, 6.07) is 1.75. The number of nitrogens with zero attached hydrogens (tertiary/aromatic N) is 1. The zero-order valence-corrected chi connectivity index (χ0v) is 3.65. The number of hydrogen-bond donors (Lipinski definition) is 0. The van der Waals surface area contributed by atoms with E-state index in [0.29, 0.717) is 0 Å².